The Morgan fingerprint density at radius 3 is 2.56 bits per heavy atom. The summed E-state index contributed by atoms with van der Waals surface area (Å²) in [7, 11) is 0. The second-order valence-electron chi connectivity index (χ2n) is 13.4. The number of carbonyl (C=O) groups is 1. The molecule has 3 aromatic rings. The Balaban J connectivity index is 1.23. The molecule has 1 heterocycles. The number of fused-ring (bicyclic) bond motifs is 1. The van der Waals surface area contributed by atoms with Gasteiger partial charge in [-0.3, -0.25) is 14.6 Å². The van der Waals surface area contributed by atoms with Gasteiger partial charge in [-0.15, -0.1) is 0 Å². The van der Waals surface area contributed by atoms with Crippen LogP contribution < -0.4 is 16.8 Å². The van der Waals surface area contributed by atoms with E-state index >= 15 is 0 Å². The summed E-state index contributed by atoms with van der Waals surface area (Å²) in [5.41, 5.74) is 18.0. The number of Topliss-reactive ketones (excluding diaryl/α,β-unsaturated/α-hetero) is 1. The topological polar surface area (TPSA) is 87.6 Å². The minimum atomic E-state index is 0.0697. The van der Waals surface area contributed by atoms with Crippen molar-refractivity contribution in [3.8, 4) is 0 Å². The van der Waals surface area contributed by atoms with Crippen LogP contribution in [0.15, 0.2) is 60.7 Å². The molecule has 1 saturated carbocycles. The van der Waals surface area contributed by atoms with Gasteiger partial charge < -0.3 is 16.8 Å². The third-order valence-corrected chi connectivity index (χ3v) is 9.89. The van der Waals surface area contributed by atoms with Crippen LogP contribution in [0.2, 0.25) is 0 Å². The Bertz CT molecular complexity index is 1360. The molecule has 5 rings (SSSR count). The largest absolute Gasteiger partial charge is 0.326 e. The third kappa shape index (κ3) is 8.52. The average molecular weight is 584 g/mol. The number of nitrogens with zero attached hydrogens (tertiary/aromatic N) is 2. The van der Waals surface area contributed by atoms with E-state index in [1.165, 1.54) is 41.3 Å². The highest BCUT2D eigenvalue weighted by atomic mass is 16.1. The second kappa shape index (κ2) is 14.9. The summed E-state index contributed by atoms with van der Waals surface area (Å²) in [4.78, 5) is 18.5. The van der Waals surface area contributed by atoms with Gasteiger partial charge in [-0.1, -0.05) is 73.0 Å². The summed E-state index contributed by atoms with van der Waals surface area (Å²) < 4.78 is 0. The fourth-order valence-corrected chi connectivity index (χ4v) is 7.29. The van der Waals surface area contributed by atoms with Crippen LogP contribution in [0.1, 0.15) is 72.5 Å². The summed E-state index contributed by atoms with van der Waals surface area (Å²) >= 11 is 0. The number of nitrogens with one attached hydrogen (secondary N) is 1. The zero-order valence-corrected chi connectivity index (χ0v) is 26.6. The average Bonchev–Trinajstić information content (AvgIpc) is 2.99. The first-order valence-corrected chi connectivity index (χ1v) is 16.6. The molecular formula is C37H53N5O. The Morgan fingerprint density at radius 1 is 0.977 bits per heavy atom. The minimum Gasteiger partial charge on any atom is -0.326 e. The lowest BCUT2D eigenvalue weighted by molar-refractivity contribution is 0.0273. The van der Waals surface area contributed by atoms with Crippen LogP contribution in [0.3, 0.4) is 0 Å². The van der Waals surface area contributed by atoms with Crippen LogP contribution in [0.4, 0.5) is 0 Å². The summed E-state index contributed by atoms with van der Waals surface area (Å²) in [5.74, 6) is 0.198. The number of nitrogens with two attached hydrogens (primary N) is 2. The highest BCUT2D eigenvalue weighted by Gasteiger charge is 2.33. The van der Waals surface area contributed by atoms with E-state index in [2.05, 4.69) is 72.3 Å². The van der Waals surface area contributed by atoms with Gasteiger partial charge in [0.2, 0.25) is 0 Å². The minimum absolute atomic E-state index is 0.0697. The van der Waals surface area contributed by atoms with E-state index in [0.29, 0.717) is 18.6 Å². The summed E-state index contributed by atoms with van der Waals surface area (Å²) in [6, 6.07) is 22.5. The quantitative estimate of drug-likeness (QED) is 0.200. The Labute approximate surface area is 259 Å². The predicted molar refractivity (Wildman–Crippen MR) is 180 cm³/mol. The van der Waals surface area contributed by atoms with Gasteiger partial charge in [-0.05, 0) is 87.4 Å². The van der Waals surface area contributed by atoms with Crippen LogP contribution in [0.25, 0.3) is 10.8 Å². The fraction of sp³-hybridized carbons (Fsp3) is 0.541. The fourth-order valence-electron chi connectivity index (χ4n) is 7.29. The SMILES string of the molecule is Cc1ccc(C[C@@H](N)CN2C[C@@H](C)N(CC(=O)c3ccc4ccccc4c3)C[C@@H]2CCCNC2CCCCC2N)c(C)c1. The number of rotatable bonds is 12. The number of carbonyl (C=O) groups excluding carboxylic acids is 1. The molecule has 232 valence electrons. The van der Waals surface area contributed by atoms with Gasteiger partial charge in [0.05, 0.1) is 6.54 Å². The second-order valence-corrected chi connectivity index (χ2v) is 13.4. The van der Waals surface area contributed by atoms with Crippen LogP contribution in [-0.2, 0) is 6.42 Å². The molecule has 0 amide bonds. The van der Waals surface area contributed by atoms with E-state index in [1.807, 2.05) is 24.3 Å². The molecule has 6 nitrogen and oxygen atoms in total. The molecule has 0 aromatic heterocycles. The third-order valence-electron chi connectivity index (χ3n) is 9.89. The Kier molecular flexibility index (Phi) is 11.0. The van der Waals surface area contributed by atoms with Crippen molar-refractivity contribution in [1.29, 1.82) is 0 Å². The van der Waals surface area contributed by atoms with Crippen LogP contribution in [0, 0.1) is 13.8 Å². The number of ketones is 1. The number of piperazine rings is 1. The van der Waals surface area contributed by atoms with E-state index in [1.54, 1.807) is 0 Å². The highest BCUT2D eigenvalue weighted by molar-refractivity contribution is 6.01. The summed E-state index contributed by atoms with van der Waals surface area (Å²) in [6.07, 6.45) is 7.91. The predicted octanol–water partition coefficient (Wildman–Crippen LogP) is 5.22. The van der Waals surface area contributed by atoms with Crippen molar-refractivity contribution in [2.24, 2.45) is 11.5 Å². The maximum Gasteiger partial charge on any atom is 0.176 e. The van der Waals surface area contributed by atoms with Crippen molar-refractivity contribution in [3.63, 3.8) is 0 Å². The lowest BCUT2D eigenvalue weighted by Crippen LogP contribution is -2.60. The van der Waals surface area contributed by atoms with Crippen molar-refractivity contribution in [1.82, 2.24) is 15.1 Å². The molecule has 0 bridgehead atoms. The van der Waals surface area contributed by atoms with E-state index < -0.39 is 0 Å². The first kappa shape index (κ1) is 31.8. The zero-order valence-electron chi connectivity index (χ0n) is 26.6. The molecule has 43 heavy (non-hydrogen) atoms. The number of hydrogen-bond donors (Lipinski definition) is 3. The van der Waals surface area contributed by atoms with Gasteiger partial charge >= 0.3 is 0 Å². The molecule has 1 aliphatic carbocycles. The lowest BCUT2D eigenvalue weighted by Gasteiger charge is -2.46. The van der Waals surface area contributed by atoms with E-state index in [0.717, 1.165) is 62.8 Å². The smallest absolute Gasteiger partial charge is 0.176 e. The van der Waals surface area contributed by atoms with E-state index in [4.69, 9.17) is 11.5 Å². The molecule has 0 spiro atoms. The molecule has 1 aliphatic heterocycles. The standard InChI is InChI=1S/C37H53N5O/c1-26-14-15-30(27(2)19-26)21-33(38)23-42-22-28(3)41(24-34(42)11-8-18-40-36-13-7-6-12-35(36)39)25-37(43)32-17-16-29-9-4-5-10-31(29)20-32/h4-5,9-10,14-17,19-20,28,33-36,40H,6-8,11-13,18,21-25,38-39H2,1-3H3/t28-,33-,34+,35?,36?/m1/s1. The maximum atomic E-state index is 13.5. The van der Waals surface area contributed by atoms with Gasteiger partial charge in [0.15, 0.2) is 5.78 Å². The molecule has 2 unspecified atom stereocenters. The van der Waals surface area contributed by atoms with Crippen molar-refractivity contribution in [2.75, 3.05) is 32.7 Å². The molecule has 2 fully saturated rings. The maximum absolute atomic E-state index is 13.5. The first-order chi connectivity index (χ1) is 20.8. The summed E-state index contributed by atoms with van der Waals surface area (Å²) in [6.45, 7) is 10.7. The van der Waals surface area contributed by atoms with Crippen molar-refractivity contribution in [2.45, 2.75) is 95.9 Å². The van der Waals surface area contributed by atoms with Crippen LogP contribution in [0.5, 0.6) is 0 Å². The molecule has 5 atom stereocenters. The van der Waals surface area contributed by atoms with Gasteiger partial charge in [-0.25, -0.2) is 0 Å². The number of benzene rings is 3. The molecular weight excluding hydrogens is 530 g/mol. The molecule has 0 radical (unpaired) electrons. The van der Waals surface area contributed by atoms with Crippen LogP contribution in [-0.4, -0.2) is 78.5 Å². The molecule has 3 aromatic carbocycles. The normalized spacial score (nSPS) is 24.3. The van der Waals surface area contributed by atoms with Crippen molar-refractivity contribution in [3.05, 3.63) is 82.9 Å². The van der Waals surface area contributed by atoms with Gasteiger partial charge in [0.25, 0.3) is 0 Å². The molecule has 5 N–H and O–H groups in total. The van der Waals surface area contributed by atoms with E-state index in [9.17, 15) is 4.79 Å². The Morgan fingerprint density at radius 2 is 1.77 bits per heavy atom. The highest BCUT2D eigenvalue weighted by Crippen LogP contribution is 2.23. The zero-order chi connectivity index (χ0) is 30.3. The molecule has 2 aliphatic rings. The molecule has 6 heteroatoms. The lowest BCUT2D eigenvalue weighted by atomic mass is 9.91. The Hall–Kier alpha value is -2.61. The van der Waals surface area contributed by atoms with Crippen LogP contribution >= 0.6 is 0 Å². The van der Waals surface area contributed by atoms with Gasteiger partial charge in [-0.2, -0.15) is 0 Å². The first-order valence-electron chi connectivity index (χ1n) is 16.6. The van der Waals surface area contributed by atoms with E-state index in [-0.39, 0.29) is 23.9 Å². The monoisotopic (exact) mass is 583 g/mol. The van der Waals surface area contributed by atoms with Crippen molar-refractivity contribution < 1.29 is 4.79 Å². The molecule has 1 saturated heterocycles. The number of hydrogen-bond acceptors (Lipinski definition) is 6. The van der Waals surface area contributed by atoms with Gasteiger partial charge in [0.1, 0.15) is 0 Å². The van der Waals surface area contributed by atoms with Gasteiger partial charge in [0, 0.05) is 55.4 Å². The van der Waals surface area contributed by atoms with Crippen molar-refractivity contribution >= 4 is 16.6 Å². The number of aryl methyl sites for hydroxylation is 2. The summed E-state index contributed by atoms with van der Waals surface area (Å²) in [5, 5.41) is 6.05.